The Labute approximate surface area is 170 Å². The van der Waals surface area contributed by atoms with Crippen molar-refractivity contribution in [2.75, 3.05) is 36.0 Å². The van der Waals surface area contributed by atoms with Crippen molar-refractivity contribution in [3.63, 3.8) is 0 Å². The summed E-state index contributed by atoms with van der Waals surface area (Å²) in [6.07, 6.45) is 0. The summed E-state index contributed by atoms with van der Waals surface area (Å²) in [6.45, 7) is 3.34. The molecule has 2 aliphatic heterocycles. The number of ketones is 1. The number of halogens is 3. The molecule has 2 atom stereocenters. The lowest BCUT2D eigenvalue weighted by atomic mass is 9.90. The van der Waals surface area contributed by atoms with Crippen LogP contribution in [0.15, 0.2) is 30.3 Å². The Hall–Kier alpha value is -3.07. The minimum Gasteiger partial charge on any atom is -0.481 e. The molecular formula is C21H20F3N3O3. The van der Waals surface area contributed by atoms with Gasteiger partial charge in [0.15, 0.2) is 5.78 Å². The van der Waals surface area contributed by atoms with Crippen LogP contribution in [0.5, 0.6) is 0 Å². The zero-order valence-corrected chi connectivity index (χ0v) is 16.2. The van der Waals surface area contributed by atoms with Crippen molar-refractivity contribution in [3.8, 4) is 0 Å². The average Bonchev–Trinajstić information content (AvgIpc) is 2.68. The molecule has 4 rings (SSSR count). The van der Waals surface area contributed by atoms with Crippen molar-refractivity contribution in [1.82, 2.24) is 5.32 Å². The molecule has 1 saturated heterocycles. The van der Waals surface area contributed by atoms with Gasteiger partial charge in [-0.1, -0.05) is 0 Å². The quantitative estimate of drug-likeness (QED) is 0.746. The summed E-state index contributed by atoms with van der Waals surface area (Å²) in [5.41, 5.74) is 0.228. The summed E-state index contributed by atoms with van der Waals surface area (Å²) in [7, 11) is 0. The zero-order valence-electron chi connectivity index (χ0n) is 16.2. The average molecular weight is 419 g/mol. The number of carbonyl (C=O) groups is 2. The SMILES string of the molecule is CC1CN(c2cc3c(cc2F)C(=O)C(C(=O)O)CN3c2ccc(F)cc2F)CCN1. The molecule has 2 unspecified atom stereocenters. The minimum atomic E-state index is -1.49. The highest BCUT2D eigenvalue weighted by Crippen LogP contribution is 2.40. The van der Waals surface area contributed by atoms with Crippen LogP contribution in [0.2, 0.25) is 0 Å². The van der Waals surface area contributed by atoms with Gasteiger partial charge in [0.2, 0.25) is 0 Å². The van der Waals surface area contributed by atoms with Crippen LogP contribution in [0.3, 0.4) is 0 Å². The zero-order chi connectivity index (χ0) is 21.6. The first kappa shape index (κ1) is 20.2. The van der Waals surface area contributed by atoms with Gasteiger partial charge < -0.3 is 20.2 Å². The van der Waals surface area contributed by atoms with Gasteiger partial charge in [0.25, 0.3) is 0 Å². The number of carboxylic acid groups (broad SMARTS) is 1. The first-order chi connectivity index (χ1) is 14.3. The van der Waals surface area contributed by atoms with E-state index in [1.807, 2.05) is 11.8 Å². The van der Waals surface area contributed by atoms with E-state index in [2.05, 4.69) is 5.32 Å². The summed E-state index contributed by atoms with van der Waals surface area (Å²) < 4.78 is 42.9. The number of carboxylic acids is 1. The molecule has 2 heterocycles. The molecule has 0 radical (unpaired) electrons. The number of aliphatic carboxylic acids is 1. The van der Waals surface area contributed by atoms with Crippen LogP contribution in [0.1, 0.15) is 17.3 Å². The van der Waals surface area contributed by atoms with Crippen molar-refractivity contribution in [1.29, 1.82) is 0 Å². The smallest absolute Gasteiger partial charge is 0.316 e. The van der Waals surface area contributed by atoms with Crippen molar-refractivity contribution in [2.24, 2.45) is 5.92 Å². The molecule has 6 nitrogen and oxygen atoms in total. The number of nitrogens with zero attached hydrogens (tertiary/aromatic N) is 2. The number of fused-ring (bicyclic) bond motifs is 1. The predicted octanol–water partition coefficient (Wildman–Crippen LogP) is 2.94. The van der Waals surface area contributed by atoms with Gasteiger partial charge in [-0.3, -0.25) is 9.59 Å². The lowest BCUT2D eigenvalue weighted by Gasteiger charge is -2.37. The highest BCUT2D eigenvalue weighted by atomic mass is 19.1. The molecule has 0 aliphatic carbocycles. The highest BCUT2D eigenvalue weighted by molar-refractivity contribution is 6.14. The molecule has 1 fully saturated rings. The Kier molecular flexibility index (Phi) is 5.15. The van der Waals surface area contributed by atoms with Crippen LogP contribution in [0.25, 0.3) is 0 Å². The van der Waals surface area contributed by atoms with Crippen LogP contribution in [0.4, 0.5) is 30.2 Å². The molecule has 158 valence electrons. The highest BCUT2D eigenvalue weighted by Gasteiger charge is 2.39. The number of hydrogen-bond donors (Lipinski definition) is 2. The first-order valence-electron chi connectivity index (χ1n) is 9.57. The predicted molar refractivity (Wildman–Crippen MR) is 105 cm³/mol. The van der Waals surface area contributed by atoms with E-state index in [9.17, 15) is 27.9 Å². The van der Waals surface area contributed by atoms with E-state index in [0.717, 1.165) is 12.1 Å². The normalized spacial score (nSPS) is 21.5. The molecule has 0 saturated carbocycles. The fraction of sp³-hybridized carbons (Fsp3) is 0.333. The number of Topliss-reactive ketones (excluding diaryl/α,β-unsaturated/α-hetero) is 1. The minimum absolute atomic E-state index is 0.0809. The molecule has 2 aromatic carbocycles. The molecular weight excluding hydrogens is 399 g/mol. The number of rotatable bonds is 3. The summed E-state index contributed by atoms with van der Waals surface area (Å²) in [5.74, 6) is -5.96. The molecule has 0 amide bonds. The van der Waals surface area contributed by atoms with Crippen molar-refractivity contribution >= 4 is 28.8 Å². The molecule has 0 spiro atoms. The standard InChI is InChI=1S/C21H20F3N3O3/c1-11-9-26(5-4-25-11)19-8-18-13(7-16(19)24)20(28)14(21(29)30)10-27(18)17-3-2-12(22)6-15(17)23/h2-3,6-8,11,14,25H,4-5,9-10H2,1H3,(H,29,30). The van der Waals surface area contributed by atoms with E-state index in [0.29, 0.717) is 25.7 Å². The van der Waals surface area contributed by atoms with Crippen LogP contribution in [0, 0.1) is 23.4 Å². The van der Waals surface area contributed by atoms with Gasteiger partial charge in [-0.2, -0.15) is 0 Å². The topological polar surface area (TPSA) is 72.9 Å². The summed E-state index contributed by atoms with van der Waals surface area (Å²) in [4.78, 5) is 27.5. The monoisotopic (exact) mass is 419 g/mol. The second-order valence-electron chi connectivity index (χ2n) is 7.58. The van der Waals surface area contributed by atoms with E-state index in [4.69, 9.17) is 0 Å². The van der Waals surface area contributed by atoms with Gasteiger partial charge in [0.1, 0.15) is 23.4 Å². The summed E-state index contributed by atoms with van der Waals surface area (Å²) in [5, 5.41) is 12.7. The Morgan fingerprint density at radius 3 is 2.47 bits per heavy atom. The molecule has 0 aromatic heterocycles. The van der Waals surface area contributed by atoms with Crippen LogP contribution in [-0.4, -0.2) is 49.1 Å². The van der Waals surface area contributed by atoms with Gasteiger partial charge in [-0.05, 0) is 31.2 Å². The van der Waals surface area contributed by atoms with Crippen LogP contribution < -0.4 is 15.1 Å². The third-order valence-corrected chi connectivity index (χ3v) is 5.51. The van der Waals surface area contributed by atoms with Crippen molar-refractivity contribution in [3.05, 3.63) is 53.3 Å². The van der Waals surface area contributed by atoms with Crippen LogP contribution >= 0.6 is 0 Å². The van der Waals surface area contributed by atoms with Crippen molar-refractivity contribution < 1.29 is 27.9 Å². The molecule has 2 aliphatic rings. The molecule has 0 bridgehead atoms. The van der Waals surface area contributed by atoms with E-state index < -0.39 is 35.1 Å². The van der Waals surface area contributed by atoms with E-state index in [1.54, 1.807) is 0 Å². The maximum atomic E-state index is 14.9. The lowest BCUT2D eigenvalue weighted by Crippen LogP contribution is -2.49. The molecule has 2 aromatic rings. The fourth-order valence-corrected chi connectivity index (χ4v) is 4.03. The summed E-state index contributed by atoms with van der Waals surface area (Å²) in [6, 6.07) is 5.50. The van der Waals surface area contributed by atoms with Gasteiger partial charge in [-0.15, -0.1) is 0 Å². The van der Waals surface area contributed by atoms with E-state index in [-0.39, 0.29) is 35.2 Å². The maximum absolute atomic E-state index is 14.9. The molecule has 2 N–H and O–H groups in total. The summed E-state index contributed by atoms with van der Waals surface area (Å²) >= 11 is 0. The second-order valence-corrected chi connectivity index (χ2v) is 7.58. The van der Waals surface area contributed by atoms with E-state index in [1.165, 1.54) is 17.0 Å². The van der Waals surface area contributed by atoms with Crippen molar-refractivity contribution in [2.45, 2.75) is 13.0 Å². The first-order valence-corrected chi connectivity index (χ1v) is 9.57. The third kappa shape index (κ3) is 3.49. The Morgan fingerprint density at radius 2 is 1.80 bits per heavy atom. The maximum Gasteiger partial charge on any atom is 0.316 e. The Bertz CT molecular complexity index is 1030. The number of carbonyl (C=O) groups excluding carboxylic acids is 1. The number of nitrogens with one attached hydrogen (secondary N) is 1. The molecule has 9 heteroatoms. The number of anilines is 3. The van der Waals surface area contributed by atoms with Gasteiger partial charge in [0.05, 0.1) is 17.1 Å². The second kappa shape index (κ2) is 7.64. The molecule has 30 heavy (non-hydrogen) atoms. The van der Waals surface area contributed by atoms with Gasteiger partial charge in [0, 0.05) is 43.9 Å². The Morgan fingerprint density at radius 1 is 1.07 bits per heavy atom. The number of benzene rings is 2. The fourth-order valence-electron chi connectivity index (χ4n) is 4.03. The largest absolute Gasteiger partial charge is 0.481 e. The van der Waals surface area contributed by atoms with Gasteiger partial charge >= 0.3 is 5.97 Å². The Balaban J connectivity index is 1.86. The number of piperazine rings is 1. The number of hydrogen-bond acceptors (Lipinski definition) is 5. The third-order valence-electron chi connectivity index (χ3n) is 5.51. The lowest BCUT2D eigenvalue weighted by molar-refractivity contribution is -0.139. The van der Waals surface area contributed by atoms with Crippen LogP contribution in [-0.2, 0) is 4.79 Å². The van der Waals surface area contributed by atoms with Gasteiger partial charge in [-0.25, -0.2) is 13.2 Å². The van der Waals surface area contributed by atoms with E-state index >= 15 is 0 Å².